The predicted molar refractivity (Wildman–Crippen MR) is 117 cm³/mol. The van der Waals surface area contributed by atoms with Gasteiger partial charge in [-0.05, 0) is 44.0 Å². The Morgan fingerprint density at radius 3 is 2.41 bits per heavy atom. The SMILES string of the molecule is Cc1ccc(Nc2ccc(CNC(=O)C3(NC(=O)c4cncnc4)CC3)nc2)c(C(F)(F)F)c1. The van der Waals surface area contributed by atoms with Gasteiger partial charge in [-0.1, -0.05) is 11.6 Å². The Morgan fingerprint density at radius 1 is 1.06 bits per heavy atom. The number of rotatable bonds is 7. The third-order valence-corrected chi connectivity index (χ3v) is 5.37. The number of aromatic nitrogens is 3. The standard InChI is InChI=1S/C23H21F3N6O2/c1-14-2-5-19(18(8-14)23(24,25)26)31-17-4-3-16(29-12-17)11-30-21(34)22(6-7-22)32-20(33)15-9-27-13-28-10-15/h2-5,8-10,12-13,31H,6-7,11H2,1H3,(H,30,34)(H,32,33). The molecular weight excluding hydrogens is 449 g/mol. The highest BCUT2D eigenvalue weighted by Crippen LogP contribution is 2.37. The van der Waals surface area contributed by atoms with E-state index in [4.69, 9.17) is 0 Å². The van der Waals surface area contributed by atoms with Crippen LogP contribution in [0.5, 0.6) is 0 Å². The summed E-state index contributed by atoms with van der Waals surface area (Å²) in [5.41, 5.74) is -0.164. The molecule has 1 aromatic carbocycles. The van der Waals surface area contributed by atoms with Crippen molar-refractivity contribution >= 4 is 23.2 Å². The van der Waals surface area contributed by atoms with E-state index in [9.17, 15) is 22.8 Å². The highest BCUT2D eigenvalue weighted by molar-refractivity contribution is 6.00. The molecule has 1 saturated carbocycles. The number of halogens is 3. The molecule has 0 bridgehead atoms. The molecule has 1 aliphatic rings. The first-order chi connectivity index (χ1) is 16.2. The highest BCUT2D eigenvalue weighted by Gasteiger charge is 2.51. The van der Waals surface area contributed by atoms with Crippen molar-refractivity contribution in [2.75, 3.05) is 5.32 Å². The first-order valence-electron chi connectivity index (χ1n) is 10.4. The molecule has 11 heteroatoms. The number of pyridine rings is 1. The molecule has 0 unspecified atom stereocenters. The van der Waals surface area contributed by atoms with Gasteiger partial charge in [0.2, 0.25) is 5.91 Å². The van der Waals surface area contributed by atoms with Gasteiger partial charge in [0.1, 0.15) is 11.9 Å². The summed E-state index contributed by atoms with van der Waals surface area (Å²) in [6, 6.07) is 7.22. The van der Waals surface area contributed by atoms with Gasteiger partial charge in [-0.3, -0.25) is 14.6 Å². The molecule has 1 aliphatic carbocycles. The largest absolute Gasteiger partial charge is 0.418 e. The van der Waals surface area contributed by atoms with Crippen LogP contribution in [0.4, 0.5) is 24.5 Å². The quantitative estimate of drug-likeness (QED) is 0.488. The maximum atomic E-state index is 13.3. The van der Waals surface area contributed by atoms with Crippen molar-refractivity contribution in [3.05, 3.63) is 77.6 Å². The van der Waals surface area contributed by atoms with Gasteiger partial charge >= 0.3 is 6.18 Å². The maximum Gasteiger partial charge on any atom is 0.418 e. The van der Waals surface area contributed by atoms with Crippen LogP contribution in [0.2, 0.25) is 0 Å². The van der Waals surface area contributed by atoms with E-state index in [1.54, 1.807) is 25.1 Å². The second-order valence-corrected chi connectivity index (χ2v) is 8.06. The molecule has 4 rings (SSSR count). The Bertz CT molecular complexity index is 1200. The van der Waals surface area contributed by atoms with Gasteiger partial charge in [0, 0.05) is 12.4 Å². The molecule has 0 radical (unpaired) electrons. The highest BCUT2D eigenvalue weighted by atomic mass is 19.4. The summed E-state index contributed by atoms with van der Waals surface area (Å²) >= 11 is 0. The fourth-order valence-electron chi connectivity index (χ4n) is 3.34. The number of alkyl halides is 3. The molecule has 2 heterocycles. The van der Waals surface area contributed by atoms with Gasteiger partial charge in [-0.25, -0.2) is 9.97 Å². The normalized spacial score (nSPS) is 14.2. The van der Waals surface area contributed by atoms with Gasteiger partial charge in [0.25, 0.3) is 5.91 Å². The first kappa shape index (κ1) is 23.1. The summed E-state index contributed by atoms with van der Waals surface area (Å²) in [5, 5.41) is 8.21. The zero-order chi connectivity index (χ0) is 24.3. The van der Waals surface area contributed by atoms with Crippen molar-refractivity contribution in [2.45, 2.75) is 38.0 Å². The lowest BCUT2D eigenvalue weighted by Gasteiger charge is -2.17. The molecule has 0 spiro atoms. The Labute approximate surface area is 193 Å². The van der Waals surface area contributed by atoms with E-state index >= 15 is 0 Å². The van der Waals surface area contributed by atoms with E-state index in [2.05, 4.69) is 30.9 Å². The average Bonchev–Trinajstić information content (AvgIpc) is 3.60. The monoisotopic (exact) mass is 470 g/mol. The van der Waals surface area contributed by atoms with Crippen molar-refractivity contribution in [1.82, 2.24) is 25.6 Å². The lowest BCUT2D eigenvalue weighted by atomic mass is 10.1. The molecule has 3 aromatic rings. The first-order valence-corrected chi connectivity index (χ1v) is 10.4. The number of nitrogens with zero attached hydrogens (tertiary/aromatic N) is 3. The Balaban J connectivity index is 1.35. The topological polar surface area (TPSA) is 109 Å². The lowest BCUT2D eigenvalue weighted by molar-refractivity contribution is -0.137. The van der Waals surface area contributed by atoms with E-state index in [1.807, 2.05) is 0 Å². The lowest BCUT2D eigenvalue weighted by Crippen LogP contribution is -2.48. The minimum atomic E-state index is -4.49. The van der Waals surface area contributed by atoms with Gasteiger partial charge in [-0.2, -0.15) is 13.2 Å². The third kappa shape index (κ3) is 5.30. The fraction of sp³-hybridized carbons (Fsp3) is 0.261. The van der Waals surface area contributed by atoms with Crippen molar-refractivity contribution in [2.24, 2.45) is 0 Å². The fourth-order valence-corrected chi connectivity index (χ4v) is 3.34. The smallest absolute Gasteiger partial charge is 0.354 e. The number of carbonyl (C=O) groups is 2. The van der Waals surface area contributed by atoms with Crippen LogP contribution in [-0.2, 0) is 17.5 Å². The number of hydrogen-bond acceptors (Lipinski definition) is 6. The van der Waals surface area contributed by atoms with E-state index in [-0.39, 0.29) is 23.7 Å². The minimum Gasteiger partial charge on any atom is -0.354 e. The molecule has 34 heavy (non-hydrogen) atoms. The molecule has 2 aromatic heterocycles. The summed E-state index contributed by atoms with van der Waals surface area (Å²) in [5.74, 6) is -0.771. The van der Waals surface area contributed by atoms with E-state index in [0.29, 0.717) is 29.8 Å². The summed E-state index contributed by atoms with van der Waals surface area (Å²) in [7, 11) is 0. The van der Waals surface area contributed by atoms with E-state index in [1.165, 1.54) is 31.0 Å². The molecule has 3 N–H and O–H groups in total. The Kier molecular flexibility index (Phi) is 6.18. The minimum absolute atomic E-state index is 0.0730. The Hall–Kier alpha value is -4.02. The molecule has 0 saturated heterocycles. The Morgan fingerprint density at radius 2 is 1.79 bits per heavy atom. The second-order valence-electron chi connectivity index (χ2n) is 8.06. The van der Waals surface area contributed by atoms with Crippen LogP contribution in [0.25, 0.3) is 0 Å². The van der Waals surface area contributed by atoms with Gasteiger partial charge < -0.3 is 16.0 Å². The zero-order valence-electron chi connectivity index (χ0n) is 18.1. The van der Waals surface area contributed by atoms with E-state index in [0.717, 1.165) is 6.07 Å². The summed E-state index contributed by atoms with van der Waals surface area (Å²) < 4.78 is 40.0. The van der Waals surface area contributed by atoms with Gasteiger partial charge in [0.05, 0.1) is 40.9 Å². The van der Waals surface area contributed by atoms with Crippen LogP contribution >= 0.6 is 0 Å². The van der Waals surface area contributed by atoms with Crippen LogP contribution in [0.1, 0.15) is 40.0 Å². The van der Waals surface area contributed by atoms with Gasteiger partial charge in [-0.15, -0.1) is 0 Å². The third-order valence-electron chi connectivity index (χ3n) is 5.37. The van der Waals surface area contributed by atoms with Gasteiger partial charge in [0.15, 0.2) is 0 Å². The van der Waals surface area contributed by atoms with Crippen molar-refractivity contribution < 1.29 is 22.8 Å². The summed E-state index contributed by atoms with van der Waals surface area (Å²) in [4.78, 5) is 36.7. The molecule has 0 aliphatic heterocycles. The van der Waals surface area contributed by atoms with Crippen LogP contribution in [0.3, 0.4) is 0 Å². The van der Waals surface area contributed by atoms with Crippen LogP contribution in [-0.4, -0.2) is 32.3 Å². The number of hydrogen-bond donors (Lipinski definition) is 3. The number of benzene rings is 1. The molecule has 8 nitrogen and oxygen atoms in total. The van der Waals surface area contributed by atoms with Crippen LogP contribution in [0, 0.1) is 6.92 Å². The molecule has 1 fully saturated rings. The average molecular weight is 470 g/mol. The van der Waals surface area contributed by atoms with Crippen LogP contribution < -0.4 is 16.0 Å². The second kappa shape index (κ2) is 9.08. The molecule has 2 amide bonds. The van der Waals surface area contributed by atoms with E-state index < -0.39 is 23.2 Å². The maximum absolute atomic E-state index is 13.3. The zero-order valence-corrected chi connectivity index (χ0v) is 18.1. The number of nitrogens with one attached hydrogen (secondary N) is 3. The number of amides is 2. The number of carbonyl (C=O) groups excluding carboxylic acids is 2. The summed E-state index contributed by atoms with van der Waals surface area (Å²) in [6.45, 7) is 1.69. The van der Waals surface area contributed by atoms with Crippen molar-refractivity contribution in [3.8, 4) is 0 Å². The van der Waals surface area contributed by atoms with Crippen molar-refractivity contribution in [3.63, 3.8) is 0 Å². The number of aryl methyl sites for hydroxylation is 1. The predicted octanol–water partition coefficient (Wildman–Crippen LogP) is 3.52. The molecule has 176 valence electrons. The van der Waals surface area contributed by atoms with Crippen LogP contribution in [0.15, 0.2) is 55.2 Å². The molecular formula is C23H21F3N6O2. The summed E-state index contributed by atoms with van der Waals surface area (Å²) in [6.07, 6.45) is 1.95. The van der Waals surface area contributed by atoms with Crippen molar-refractivity contribution in [1.29, 1.82) is 0 Å². The molecule has 0 atom stereocenters. The number of anilines is 2.